The van der Waals surface area contributed by atoms with Crippen molar-refractivity contribution in [3.63, 3.8) is 0 Å². The van der Waals surface area contributed by atoms with Gasteiger partial charge in [-0.15, -0.1) is 9.24 Å². The van der Waals surface area contributed by atoms with E-state index in [1.54, 1.807) is 16.9 Å². The van der Waals surface area contributed by atoms with E-state index in [1.165, 1.54) is 13.2 Å². The first-order valence-corrected chi connectivity index (χ1v) is 12.5. The maximum Gasteiger partial charge on any atom is 0.222 e. The first-order chi connectivity index (χ1) is 16.5. The summed E-state index contributed by atoms with van der Waals surface area (Å²) in [7, 11) is 5.06. The highest BCUT2D eigenvalue weighted by Gasteiger charge is 2.23. The molecule has 7 nitrogen and oxygen atoms in total. The van der Waals surface area contributed by atoms with Gasteiger partial charge in [-0.1, -0.05) is 25.2 Å². The first-order valence-electron chi connectivity index (χ1n) is 11.7. The fourth-order valence-corrected chi connectivity index (χ4v) is 4.44. The lowest BCUT2D eigenvalue weighted by molar-refractivity contribution is -0.114. The Morgan fingerprint density at radius 2 is 2.03 bits per heavy atom. The Balaban J connectivity index is 1.86. The van der Waals surface area contributed by atoms with Crippen molar-refractivity contribution in [3.05, 3.63) is 54.2 Å². The summed E-state index contributed by atoms with van der Waals surface area (Å²) in [5.74, 6) is 2.05. The van der Waals surface area contributed by atoms with Crippen LogP contribution in [0.3, 0.4) is 0 Å². The second-order valence-corrected chi connectivity index (χ2v) is 8.87. The van der Waals surface area contributed by atoms with Crippen LogP contribution in [-0.2, 0) is 4.79 Å². The minimum Gasteiger partial charge on any atom is -0.439 e. The molecule has 9 heteroatoms. The Bertz CT molecular complexity index is 1120. The monoisotopic (exact) mass is 475 g/mol. The van der Waals surface area contributed by atoms with Gasteiger partial charge in [-0.25, -0.2) is 9.67 Å². The number of nitriles is 1. The van der Waals surface area contributed by atoms with Gasteiger partial charge in [0.2, 0.25) is 11.8 Å². The van der Waals surface area contributed by atoms with E-state index in [9.17, 15) is 10.1 Å². The van der Waals surface area contributed by atoms with Gasteiger partial charge < -0.3 is 10.1 Å². The number of carbonyl (C=O) groups is 1. The van der Waals surface area contributed by atoms with Crippen LogP contribution in [0.5, 0.6) is 11.6 Å². The summed E-state index contributed by atoms with van der Waals surface area (Å²) < 4.78 is 7.55. The quantitative estimate of drug-likeness (QED) is 0.317. The van der Waals surface area contributed by atoms with Crippen LogP contribution in [-0.4, -0.2) is 34.7 Å². The number of nitrogens with one attached hydrogen (secondary N) is 1. The number of hydrogen-bond donors (Lipinski definition) is 1. The number of benzene rings is 1. The van der Waals surface area contributed by atoms with Gasteiger partial charge in [0.25, 0.3) is 0 Å². The third-order valence-electron chi connectivity index (χ3n) is 5.87. The van der Waals surface area contributed by atoms with E-state index >= 15 is 0 Å². The number of rotatable bonds is 11. The maximum absolute atomic E-state index is 11.9. The van der Waals surface area contributed by atoms with E-state index in [0.29, 0.717) is 34.6 Å². The number of hydrogen-bond acceptors (Lipinski definition) is 5. The third kappa shape index (κ3) is 6.45. The van der Waals surface area contributed by atoms with Crippen LogP contribution in [0.25, 0.3) is 11.3 Å². The van der Waals surface area contributed by atoms with E-state index in [-0.39, 0.29) is 11.9 Å². The van der Waals surface area contributed by atoms with Gasteiger partial charge in [0.1, 0.15) is 36.7 Å². The zero-order valence-corrected chi connectivity index (χ0v) is 21.1. The van der Waals surface area contributed by atoms with Crippen molar-refractivity contribution >= 4 is 28.8 Å². The highest BCUT2D eigenvalue weighted by Crippen LogP contribution is 2.33. The minimum absolute atomic E-state index is 0.0384. The summed E-state index contributed by atoms with van der Waals surface area (Å²) in [4.78, 5) is 16.1. The van der Waals surface area contributed by atoms with Crippen molar-refractivity contribution < 1.29 is 9.53 Å². The number of pyridine rings is 1. The molecule has 0 saturated carbocycles. The minimum atomic E-state index is -0.232. The Morgan fingerprint density at radius 3 is 2.62 bits per heavy atom. The molecule has 0 fully saturated rings. The van der Waals surface area contributed by atoms with E-state index in [2.05, 4.69) is 40.4 Å². The first kappa shape index (κ1) is 25.5. The van der Waals surface area contributed by atoms with Gasteiger partial charge in [0.15, 0.2) is 0 Å². The number of carbonyl (C=O) groups excluding carboxylic acids is 1. The summed E-state index contributed by atoms with van der Waals surface area (Å²) in [5.41, 5.74) is 1.67. The van der Waals surface area contributed by atoms with Crippen LogP contribution in [0.15, 0.2) is 48.7 Å². The summed E-state index contributed by atoms with van der Waals surface area (Å²) >= 11 is 0. The van der Waals surface area contributed by atoms with Crippen molar-refractivity contribution in [1.82, 2.24) is 14.8 Å². The second-order valence-electron chi connectivity index (χ2n) is 8.39. The van der Waals surface area contributed by atoms with E-state index < -0.39 is 0 Å². The fraction of sp³-hybridized carbons (Fsp3) is 0.360. The predicted octanol–water partition coefficient (Wildman–Crippen LogP) is 4.84. The molecule has 1 amide bonds. The summed E-state index contributed by atoms with van der Waals surface area (Å²) in [6.45, 7) is 3.52. The van der Waals surface area contributed by atoms with Gasteiger partial charge in [-0.05, 0) is 55.8 Å². The fourth-order valence-electron chi connectivity index (χ4n) is 3.87. The molecule has 3 rings (SSSR count). The molecule has 1 N–H and O–H groups in total. The smallest absolute Gasteiger partial charge is 0.222 e. The summed E-state index contributed by atoms with van der Waals surface area (Å²) in [6, 6.07) is 15.1. The lowest BCUT2D eigenvalue weighted by Gasteiger charge is -2.17. The zero-order chi connectivity index (χ0) is 24.5. The van der Waals surface area contributed by atoms with Crippen molar-refractivity contribution in [2.45, 2.75) is 45.5 Å². The van der Waals surface area contributed by atoms with Crippen LogP contribution in [0.1, 0.15) is 44.7 Å². The van der Waals surface area contributed by atoms with Crippen LogP contribution >= 0.6 is 9.24 Å². The molecule has 0 aliphatic rings. The molecule has 2 aromatic heterocycles. The number of nitrogens with zero attached hydrogens (tertiary/aromatic N) is 4. The molecule has 2 heterocycles. The normalized spacial score (nSPS) is 12.5. The molecule has 1 aromatic carbocycles. The van der Waals surface area contributed by atoms with Gasteiger partial charge in [0, 0.05) is 24.8 Å². The van der Waals surface area contributed by atoms with E-state index in [1.807, 2.05) is 36.4 Å². The molecule has 3 atom stereocenters. The number of aromatic nitrogens is 3. The van der Waals surface area contributed by atoms with Gasteiger partial charge in [-0.2, -0.15) is 10.4 Å². The topological polar surface area (TPSA) is 92.8 Å². The number of amides is 1. The van der Waals surface area contributed by atoms with Crippen molar-refractivity contribution in [2.75, 3.05) is 11.5 Å². The number of ether oxygens (including phenoxy) is 1. The summed E-state index contributed by atoms with van der Waals surface area (Å²) in [6.07, 6.45) is 7.06. The van der Waals surface area contributed by atoms with E-state index in [4.69, 9.17) is 9.84 Å². The van der Waals surface area contributed by atoms with Gasteiger partial charge in [0.05, 0.1) is 6.04 Å². The Hall–Kier alpha value is -3.17. The lowest BCUT2D eigenvalue weighted by Crippen LogP contribution is -2.16. The molecule has 0 saturated heterocycles. The molecule has 0 spiro atoms. The standard InChI is InChI=1S/C25H31BN5O2P/c1-17(6-5-7-19(14-26)16-34)31-25(29-18(2)32)22(15-27)24(30-31)20-9-11-21(12-10-20)33-23-8-3-4-13-28-23/h3-4,8-13,17,19H,5-7,14,16,26,34H2,1-2H3,(H,29,32). The van der Waals surface area contributed by atoms with Crippen molar-refractivity contribution in [3.8, 4) is 29.0 Å². The maximum atomic E-state index is 11.9. The van der Waals surface area contributed by atoms with E-state index in [0.717, 1.165) is 31.0 Å². The molecule has 0 aliphatic heterocycles. The Kier molecular flexibility index (Phi) is 9.24. The van der Waals surface area contributed by atoms with Gasteiger partial charge in [-0.3, -0.25) is 4.79 Å². The molecule has 3 unspecified atom stereocenters. The van der Waals surface area contributed by atoms with Gasteiger partial charge >= 0.3 is 0 Å². The molecule has 3 aromatic rings. The summed E-state index contributed by atoms with van der Waals surface area (Å²) in [5, 5.41) is 17.6. The lowest BCUT2D eigenvalue weighted by atomic mass is 9.88. The average Bonchev–Trinajstić information content (AvgIpc) is 3.20. The molecular weight excluding hydrogens is 444 g/mol. The Labute approximate surface area is 204 Å². The molecule has 0 bridgehead atoms. The SMILES string of the molecule is BCC(CP)CCCC(C)n1nc(-c2ccc(Oc3ccccn3)cc2)c(C#N)c1NC(C)=O. The van der Waals surface area contributed by atoms with Crippen LogP contribution in [0.2, 0.25) is 6.32 Å². The highest BCUT2D eigenvalue weighted by atomic mass is 31.0. The van der Waals surface area contributed by atoms with Crippen molar-refractivity contribution in [2.24, 2.45) is 5.92 Å². The predicted molar refractivity (Wildman–Crippen MR) is 141 cm³/mol. The van der Waals surface area contributed by atoms with Crippen LogP contribution in [0.4, 0.5) is 5.82 Å². The zero-order valence-electron chi connectivity index (χ0n) is 20.0. The van der Waals surface area contributed by atoms with Crippen LogP contribution in [0, 0.1) is 17.2 Å². The second kappa shape index (κ2) is 12.3. The van der Waals surface area contributed by atoms with Crippen LogP contribution < -0.4 is 10.1 Å². The third-order valence-corrected chi connectivity index (χ3v) is 6.53. The highest BCUT2D eigenvalue weighted by molar-refractivity contribution is 7.16. The largest absolute Gasteiger partial charge is 0.439 e. The molecule has 176 valence electrons. The molecular formula is C25H31BN5O2P. The molecule has 34 heavy (non-hydrogen) atoms. The Morgan fingerprint density at radius 1 is 1.26 bits per heavy atom. The molecule has 0 aliphatic carbocycles. The molecule has 0 radical (unpaired) electrons. The average molecular weight is 475 g/mol. The van der Waals surface area contributed by atoms with Crippen molar-refractivity contribution in [1.29, 1.82) is 5.26 Å². The number of anilines is 1.